The number of rotatable bonds is 3. The topological polar surface area (TPSA) is 88.1 Å². The van der Waals surface area contributed by atoms with Gasteiger partial charge in [-0.05, 0) is 25.0 Å². The Labute approximate surface area is 152 Å². The number of nitrogens with zero attached hydrogens (tertiary/aromatic N) is 8. The van der Waals surface area contributed by atoms with Crippen molar-refractivity contribution in [2.75, 3.05) is 11.6 Å². The van der Waals surface area contributed by atoms with E-state index in [1.165, 1.54) is 10.9 Å². The molecular weight excluding hydrogens is 351 g/mol. The predicted octanol–water partition coefficient (Wildman–Crippen LogP) is 1.33. The van der Waals surface area contributed by atoms with Crippen LogP contribution in [0.5, 0.6) is 0 Å². The Bertz CT molecular complexity index is 1100. The van der Waals surface area contributed by atoms with E-state index in [4.69, 9.17) is 0 Å². The molecule has 0 saturated heterocycles. The van der Waals surface area contributed by atoms with Crippen molar-refractivity contribution in [2.24, 2.45) is 0 Å². The number of aromatic nitrogens is 6. The van der Waals surface area contributed by atoms with E-state index in [9.17, 15) is 9.59 Å². The van der Waals surface area contributed by atoms with Crippen molar-refractivity contribution in [1.82, 2.24) is 34.9 Å². The van der Waals surface area contributed by atoms with E-state index < -0.39 is 5.60 Å². The van der Waals surface area contributed by atoms with E-state index in [1.54, 1.807) is 10.8 Å². The number of hydrogen-bond acceptors (Lipinski definition) is 7. The monoisotopic (exact) mass is 366 g/mol. The highest BCUT2D eigenvalue weighted by atomic mass is 19.2. The highest BCUT2D eigenvalue weighted by molar-refractivity contribution is 5.89. The Balaban J connectivity index is 1.49. The third kappa shape index (κ3) is 2.13. The van der Waals surface area contributed by atoms with Crippen molar-refractivity contribution >= 4 is 11.5 Å². The largest absolute Gasteiger partial charge is 0.389 e. The first-order chi connectivity index (χ1) is 13.1. The van der Waals surface area contributed by atoms with Gasteiger partial charge < -0.3 is 10.0 Å². The van der Waals surface area contributed by atoms with Gasteiger partial charge in [0.1, 0.15) is 12.5 Å². The molecule has 136 valence electrons. The molecule has 1 aliphatic carbocycles. The lowest BCUT2D eigenvalue weighted by atomic mass is 10.1. The second kappa shape index (κ2) is 4.92. The normalized spacial score (nSPS) is 18.8. The van der Waals surface area contributed by atoms with Gasteiger partial charge in [-0.15, -0.1) is 15.3 Å². The lowest BCUT2D eigenvalue weighted by Crippen LogP contribution is -2.29. The Hall–Kier alpha value is -3.27. The zero-order valence-electron chi connectivity index (χ0n) is 14.2. The Kier molecular flexibility index (Phi) is 2.70. The van der Waals surface area contributed by atoms with E-state index in [1.807, 2.05) is 29.2 Å². The third-order valence-electron chi connectivity index (χ3n) is 5.20. The lowest BCUT2D eigenvalue weighted by Gasteiger charge is -2.29. The van der Waals surface area contributed by atoms with Crippen LogP contribution in [0, 0.1) is 0 Å². The molecule has 4 heterocycles. The second-order valence-corrected chi connectivity index (χ2v) is 7.19. The minimum Gasteiger partial charge on any atom is -0.389 e. The van der Waals surface area contributed by atoms with Gasteiger partial charge in [0, 0.05) is 12.0 Å². The van der Waals surface area contributed by atoms with Gasteiger partial charge in [-0.2, -0.15) is 9.80 Å². The van der Waals surface area contributed by atoms with E-state index >= 15 is 0 Å². The first-order valence-electron chi connectivity index (χ1n) is 8.72. The number of hydrogen-bond donors (Lipinski definition) is 1. The maximum atomic E-state index is 14.0. The van der Waals surface area contributed by atoms with Crippen LogP contribution in [-0.4, -0.2) is 52.3 Å². The summed E-state index contributed by atoms with van der Waals surface area (Å²) in [6.07, 6.45) is 5.18. The molecule has 0 atom stereocenters. The lowest BCUT2D eigenvalue weighted by molar-refractivity contribution is 0.104. The number of benzene rings is 1. The SMILES string of the molecule is OC1(Cc2cn(-c3nnc4n3C3=CN(F)CN3c3ccccc3-4)nn2)CC1. The molecule has 9 nitrogen and oxygen atoms in total. The summed E-state index contributed by atoms with van der Waals surface area (Å²) in [5.74, 6) is 1.66. The predicted molar refractivity (Wildman–Crippen MR) is 92.8 cm³/mol. The average Bonchev–Trinajstić information content (AvgIpc) is 3.06. The zero-order chi connectivity index (χ0) is 18.2. The van der Waals surface area contributed by atoms with Gasteiger partial charge in [0.15, 0.2) is 5.82 Å². The van der Waals surface area contributed by atoms with Gasteiger partial charge in [0.2, 0.25) is 0 Å². The van der Waals surface area contributed by atoms with E-state index in [-0.39, 0.29) is 6.67 Å². The van der Waals surface area contributed by atoms with Crippen LogP contribution in [0.25, 0.3) is 23.2 Å². The fourth-order valence-electron chi connectivity index (χ4n) is 3.66. The number of anilines is 1. The van der Waals surface area contributed by atoms with Crippen LogP contribution < -0.4 is 4.90 Å². The summed E-state index contributed by atoms with van der Waals surface area (Å²) in [6, 6.07) is 7.70. The summed E-state index contributed by atoms with van der Waals surface area (Å²) >= 11 is 0. The maximum Gasteiger partial charge on any atom is 0.259 e. The van der Waals surface area contributed by atoms with Gasteiger partial charge in [-0.3, -0.25) is 0 Å². The Morgan fingerprint density at radius 1 is 1.15 bits per heavy atom. The molecule has 1 aromatic carbocycles. The molecule has 0 amide bonds. The molecule has 2 aliphatic heterocycles. The summed E-state index contributed by atoms with van der Waals surface area (Å²) in [5, 5.41) is 27.6. The molecule has 6 rings (SSSR count). The third-order valence-corrected chi connectivity index (χ3v) is 5.20. The summed E-state index contributed by atoms with van der Waals surface area (Å²) in [7, 11) is 0. The van der Waals surface area contributed by atoms with Gasteiger partial charge in [-0.1, -0.05) is 21.8 Å². The average molecular weight is 366 g/mol. The molecule has 10 heteroatoms. The summed E-state index contributed by atoms with van der Waals surface area (Å²) in [5.41, 5.74) is 1.79. The van der Waals surface area contributed by atoms with E-state index in [0.717, 1.165) is 24.1 Å². The van der Waals surface area contributed by atoms with Gasteiger partial charge >= 0.3 is 0 Å². The molecule has 1 saturated carbocycles. The Morgan fingerprint density at radius 3 is 2.85 bits per heavy atom. The van der Waals surface area contributed by atoms with Crippen LogP contribution in [0.1, 0.15) is 18.5 Å². The molecule has 0 bridgehead atoms. The van der Waals surface area contributed by atoms with Crippen LogP contribution in [0.2, 0.25) is 0 Å². The summed E-state index contributed by atoms with van der Waals surface area (Å²) < 4.78 is 17.3. The van der Waals surface area contributed by atoms with Gasteiger partial charge in [-0.25, -0.2) is 4.57 Å². The van der Waals surface area contributed by atoms with Crippen molar-refractivity contribution in [3.05, 3.63) is 42.4 Å². The number of aliphatic hydroxyl groups is 1. The van der Waals surface area contributed by atoms with Crippen LogP contribution in [0.4, 0.5) is 10.2 Å². The van der Waals surface area contributed by atoms with E-state index in [0.29, 0.717) is 34.8 Å². The van der Waals surface area contributed by atoms with Crippen LogP contribution in [0.3, 0.4) is 0 Å². The molecule has 3 aliphatic rings. The first kappa shape index (κ1) is 14.9. The molecular formula is C17H15FN8O. The van der Waals surface area contributed by atoms with Crippen molar-refractivity contribution in [3.63, 3.8) is 0 Å². The van der Waals surface area contributed by atoms with Crippen LogP contribution in [-0.2, 0) is 6.42 Å². The fourth-order valence-corrected chi connectivity index (χ4v) is 3.66. The summed E-state index contributed by atoms with van der Waals surface area (Å²) in [4.78, 5) is 1.86. The smallest absolute Gasteiger partial charge is 0.259 e. The highest BCUT2D eigenvalue weighted by Gasteiger charge is 2.41. The van der Waals surface area contributed by atoms with E-state index in [2.05, 4.69) is 20.5 Å². The standard InChI is InChI=1S/C17H15FN8O/c18-23-9-14-24(10-23)13-4-2-1-3-12(13)15-20-21-16(26(14)15)25-8-11(19-22-25)7-17(27)5-6-17/h1-4,8-9,27H,5-7,10H2. The molecule has 0 unspecified atom stereocenters. The van der Waals surface area contributed by atoms with Crippen molar-refractivity contribution in [3.8, 4) is 17.3 Å². The minimum atomic E-state index is -0.649. The molecule has 3 aromatic rings. The van der Waals surface area contributed by atoms with Gasteiger partial charge in [0.25, 0.3) is 5.95 Å². The number of para-hydroxylation sites is 1. The zero-order valence-corrected chi connectivity index (χ0v) is 14.2. The first-order valence-corrected chi connectivity index (χ1v) is 8.72. The summed E-state index contributed by atoms with van der Waals surface area (Å²) in [6.45, 7) is 0.0963. The highest BCUT2D eigenvalue weighted by Crippen LogP contribution is 2.42. The van der Waals surface area contributed by atoms with Crippen molar-refractivity contribution < 1.29 is 9.59 Å². The molecule has 1 N–H and O–H groups in total. The molecule has 0 radical (unpaired) electrons. The second-order valence-electron chi connectivity index (χ2n) is 7.19. The van der Waals surface area contributed by atoms with Crippen molar-refractivity contribution in [2.45, 2.75) is 24.9 Å². The van der Waals surface area contributed by atoms with Crippen molar-refractivity contribution in [1.29, 1.82) is 0 Å². The van der Waals surface area contributed by atoms with Gasteiger partial charge in [0.05, 0.1) is 29.4 Å². The minimum absolute atomic E-state index is 0.0963. The number of fused-ring (bicyclic) bond motifs is 6. The molecule has 2 aromatic heterocycles. The molecule has 1 fully saturated rings. The van der Waals surface area contributed by atoms with Crippen LogP contribution in [0.15, 0.2) is 36.7 Å². The van der Waals surface area contributed by atoms with Crippen LogP contribution >= 0.6 is 0 Å². The molecule has 27 heavy (non-hydrogen) atoms. The Morgan fingerprint density at radius 2 is 2.00 bits per heavy atom. The number of halogens is 1. The quantitative estimate of drug-likeness (QED) is 0.700. The fraction of sp³-hybridized carbons (Fsp3) is 0.294. The maximum absolute atomic E-state index is 14.0. The molecule has 0 spiro atoms.